The number of benzene rings is 1. The second-order valence-electron chi connectivity index (χ2n) is 7.85. The molecule has 0 saturated carbocycles. The van der Waals surface area contributed by atoms with Crippen LogP contribution in [-0.4, -0.2) is 60.9 Å². The number of amides is 2. The molecular weight excluding hydrogens is 362 g/mol. The van der Waals surface area contributed by atoms with Gasteiger partial charge in [0.05, 0.1) is 5.92 Å². The van der Waals surface area contributed by atoms with Crippen LogP contribution >= 0.6 is 12.4 Å². The third-order valence-electron chi connectivity index (χ3n) is 5.63. The maximum Gasteiger partial charge on any atom is 0.253 e. The van der Waals surface area contributed by atoms with Crippen molar-refractivity contribution in [2.45, 2.75) is 45.6 Å². The van der Waals surface area contributed by atoms with Crippen molar-refractivity contribution >= 4 is 24.2 Å². The molecule has 0 radical (unpaired) electrons. The van der Waals surface area contributed by atoms with E-state index in [1.165, 1.54) is 0 Å². The average Bonchev–Trinajstić information content (AvgIpc) is 3.08. The van der Waals surface area contributed by atoms with E-state index < -0.39 is 0 Å². The summed E-state index contributed by atoms with van der Waals surface area (Å²) in [7, 11) is 1.94. The van der Waals surface area contributed by atoms with Crippen LogP contribution in [-0.2, 0) is 4.79 Å². The molecule has 2 aliphatic rings. The smallest absolute Gasteiger partial charge is 0.253 e. The van der Waals surface area contributed by atoms with E-state index in [0.29, 0.717) is 12.6 Å². The Labute approximate surface area is 168 Å². The lowest BCUT2D eigenvalue weighted by atomic mass is 9.95. The minimum Gasteiger partial charge on any atom is -0.338 e. The van der Waals surface area contributed by atoms with E-state index in [0.717, 1.165) is 62.0 Å². The van der Waals surface area contributed by atoms with E-state index in [4.69, 9.17) is 0 Å². The van der Waals surface area contributed by atoms with Gasteiger partial charge < -0.3 is 15.1 Å². The van der Waals surface area contributed by atoms with Crippen molar-refractivity contribution in [3.8, 4) is 0 Å². The summed E-state index contributed by atoms with van der Waals surface area (Å²) in [5, 5.41) is 3.20. The van der Waals surface area contributed by atoms with Crippen molar-refractivity contribution in [2.75, 3.05) is 33.2 Å². The molecule has 0 aliphatic carbocycles. The number of aryl methyl sites for hydroxylation is 2. The van der Waals surface area contributed by atoms with E-state index >= 15 is 0 Å². The number of halogens is 1. The largest absolute Gasteiger partial charge is 0.338 e. The van der Waals surface area contributed by atoms with Crippen LogP contribution < -0.4 is 5.32 Å². The molecule has 0 aromatic heterocycles. The molecule has 150 valence electrons. The van der Waals surface area contributed by atoms with Gasteiger partial charge in [0.25, 0.3) is 5.91 Å². The molecule has 1 aromatic rings. The first-order chi connectivity index (χ1) is 12.5. The van der Waals surface area contributed by atoms with E-state index in [2.05, 4.69) is 11.4 Å². The zero-order chi connectivity index (χ0) is 18.7. The van der Waals surface area contributed by atoms with Crippen LogP contribution in [0.1, 0.15) is 47.2 Å². The Morgan fingerprint density at radius 3 is 2.41 bits per heavy atom. The molecule has 0 bridgehead atoms. The van der Waals surface area contributed by atoms with Gasteiger partial charge in [-0.1, -0.05) is 17.2 Å². The Hall–Kier alpha value is -1.59. The standard InChI is InChI=1S/C21H31N3O2.ClH/c1-15-10-16(2)12-18(11-15)20(25)23-8-4-6-17(14-23)21(26)24-9-5-7-19(24)13-22-3;/h10-12,17,19,22H,4-9,13-14H2,1-3H3;1H. The molecule has 2 heterocycles. The van der Waals surface area contributed by atoms with Crippen LogP contribution in [0.25, 0.3) is 0 Å². The second kappa shape index (κ2) is 9.56. The molecule has 2 atom stereocenters. The van der Waals surface area contributed by atoms with Gasteiger partial charge in [-0.15, -0.1) is 12.4 Å². The number of piperidine rings is 1. The minimum atomic E-state index is -0.0592. The molecule has 2 unspecified atom stereocenters. The number of hydrogen-bond acceptors (Lipinski definition) is 3. The topological polar surface area (TPSA) is 52.7 Å². The predicted molar refractivity (Wildman–Crippen MR) is 110 cm³/mol. The number of hydrogen-bond donors (Lipinski definition) is 1. The lowest BCUT2D eigenvalue weighted by Gasteiger charge is -2.35. The number of likely N-dealkylation sites (tertiary alicyclic amines) is 2. The van der Waals surface area contributed by atoms with Crippen molar-refractivity contribution in [2.24, 2.45) is 5.92 Å². The molecule has 1 aromatic carbocycles. The number of nitrogens with zero attached hydrogens (tertiary/aromatic N) is 2. The summed E-state index contributed by atoms with van der Waals surface area (Å²) < 4.78 is 0. The third kappa shape index (κ3) is 5.02. The monoisotopic (exact) mass is 393 g/mol. The van der Waals surface area contributed by atoms with E-state index in [1.807, 2.05) is 42.8 Å². The summed E-state index contributed by atoms with van der Waals surface area (Å²) in [6.07, 6.45) is 3.94. The maximum atomic E-state index is 13.1. The van der Waals surface area contributed by atoms with Crippen LogP contribution in [0.3, 0.4) is 0 Å². The van der Waals surface area contributed by atoms with Crippen molar-refractivity contribution < 1.29 is 9.59 Å². The van der Waals surface area contributed by atoms with Gasteiger partial charge in [-0.2, -0.15) is 0 Å². The first-order valence-corrected chi connectivity index (χ1v) is 9.82. The zero-order valence-electron chi connectivity index (χ0n) is 16.7. The fourth-order valence-corrected chi connectivity index (χ4v) is 4.45. The van der Waals surface area contributed by atoms with Gasteiger partial charge in [0.15, 0.2) is 0 Å². The van der Waals surface area contributed by atoms with Gasteiger partial charge in [0.2, 0.25) is 5.91 Å². The summed E-state index contributed by atoms with van der Waals surface area (Å²) in [5.41, 5.74) is 2.94. The molecule has 2 amide bonds. The van der Waals surface area contributed by atoms with Gasteiger partial charge in [0, 0.05) is 37.8 Å². The van der Waals surface area contributed by atoms with Crippen LogP contribution in [0.5, 0.6) is 0 Å². The Morgan fingerprint density at radius 2 is 1.74 bits per heavy atom. The molecule has 6 heteroatoms. The first-order valence-electron chi connectivity index (χ1n) is 9.82. The molecule has 2 saturated heterocycles. The molecule has 0 spiro atoms. The number of rotatable bonds is 4. The maximum absolute atomic E-state index is 13.1. The van der Waals surface area contributed by atoms with Crippen LogP contribution in [0, 0.1) is 19.8 Å². The molecule has 27 heavy (non-hydrogen) atoms. The molecule has 1 N–H and O–H groups in total. The van der Waals surface area contributed by atoms with Crippen LogP contribution in [0.2, 0.25) is 0 Å². The fourth-order valence-electron chi connectivity index (χ4n) is 4.45. The van der Waals surface area contributed by atoms with Crippen LogP contribution in [0.4, 0.5) is 0 Å². The number of likely N-dealkylation sites (N-methyl/N-ethyl adjacent to an activating group) is 1. The zero-order valence-corrected chi connectivity index (χ0v) is 17.5. The normalized spacial score (nSPS) is 22.5. The second-order valence-corrected chi connectivity index (χ2v) is 7.85. The summed E-state index contributed by atoms with van der Waals surface area (Å²) in [6, 6.07) is 6.28. The Kier molecular flexibility index (Phi) is 7.68. The average molecular weight is 394 g/mol. The fraction of sp³-hybridized carbons (Fsp3) is 0.619. The summed E-state index contributed by atoms with van der Waals surface area (Å²) in [6.45, 7) is 7.03. The molecule has 2 fully saturated rings. The van der Waals surface area contributed by atoms with Gasteiger partial charge in [-0.3, -0.25) is 9.59 Å². The Bertz CT molecular complexity index is 659. The summed E-state index contributed by atoms with van der Waals surface area (Å²) >= 11 is 0. The van der Waals surface area contributed by atoms with Crippen molar-refractivity contribution in [3.05, 3.63) is 34.9 Å². The molecule has 5 nitrogen and oxygen atoms in total. The lowest BCUT2D eigenvalue weighted by Crippen LogP contribution is -2.49. The Balaban J connectivity index is 0.00000261. The minimum absolute atomic E-state index is 0. The van der Waals surface area contributed by atoms with Gasteiger partial charge in [-0.25, -0.2) is 0 Å². The number of carbonyl (C=O) groups excluding carboxylic acids is 2. The van der Waals surface area contributed by atoms with Crippen molar-refractivity contribution in [3.63, 3.8) is 0 Å². The highest BCUT2D eigenvalue weighted by Gasteiger charge is 2.36. The first kappa shape index (κ1) is 21.7. The van der Waals surface area contributed by atoms with E-state index in [9.17, 15) is 9.59 Å². The third-order valence-corrected chi connectivity index (χ3v) is 5.63. The lowest BCUT2D eigenvalue weighted by molar-refractivity contribution is -0.137. The van der Waals surface area contributed by atoms with Crippen LogP contribution in [0.15, 0.2) is 18.2 Å². The van der Waals surface area contributed by atoms with Crippen molar-refractivity contribution in [1.82, 2.24) is 15.1 Å². The van der Waals surface area contributed by atoms with Gasteiger partial charge in [0.1, 0.15) is 0 Å². The van der Waals surface area contributed by atoms with E-state index in [1.54, 1.807) is 0 Å². The SMILES string of the molecule is CNCC1CCCN1C(=O)C1CCCN(C(=O)c2cc(C)cc(C)c2)C1.Cl. The Morgan fingerprint density at radius 1 is 1.07 bits per heavy atom. The van der Waals surface area contributed by atoms with Gasteiger partial charge in [-0.05, 0) is 58.7 Å². The number of nitrogens with one attached hydrogen (secondary N) is 1. The summed E-state index contributed by atoms with van der Waals surface area (Å²) in [5.74, 6) is 0.235. The number of carbonyl (C=O) groups is 2. The van der Waals surface area contributed by atoms with E-state index in [-0.39, 0.29) is 30.1 Å². The predicted octanol–water partition coefficient (Wildman–Crippen LogP) is 2.79. The molecule has 3 rings (SSSR count). The van der Waals surface area contributed by atoms with Crippen molar-refractivity contribution in [1.29, 1.82) is 0 Å². The molecular formula is C21H32ClN3O2. The highest BCUT2D eigenvalue weighted by atomic mass is 35.5. The quantitative estimate of drug-likeness (QED) is 0.855. The molecule has 2 aliphatic heterocycles. The summed E-state index contributed by atoms with van der Waals surface area (Å²) in [4.78, 5) is 29.9. The van der Waals surface area contributed by atoms with Gasteiger partial charge >= 0.3 is 0 Å². The highest BCUT2D eigenvalue weighted by Crippen LogP contribution is 2.25. The highest BCUT2D eigenvalue weighted by molar-refractivity contribution is 5.95.